The topological polar surface area (TPSA) is 95.6 Å². The number of Topliss-reactive ketones (excluding diaryl/α,β-unsaturated/α-hetero) is 1. The molecule has 1 aromatic carbocycles. The van der Waals surface area contributed by atoms with Crippen molar-refractivity contribution < 1.29 is 14.3 Å². The second-order valence-electron chi connectivity index (χ2n) is 7.67. The lowest BCUT2D eigenvalue weighted by Crippen LogP contribution is -2.19. The summed E-state index contributed by atoms with van der Waals surface area (Å²) in [6.45, 7) is -0.0871. The van der Waals surface area contributed by atoms with Gasteiger partial charge in [-0.1, -0.05) is 12.1 Å². The maximum atomic E-state index is 12.5. The number of rotatable bonds is 6. The lowest BCUT2D eigenvalue weighted by atomic mass is 10.0. The standard InChI is InChI=1S/C22H20N4O4S/c1-25-21(29)20-16(9-10-31-20)26-18(23-24-22(25)26)12-30-19(28)8-7-17(27)15-6-5-13-3-2-4-14(13)11-15/h5-6,9-11H,2-4,7-8,12H2,1H3. The molecular formula is C22H20N4O4S. The van der Waals surface area contributed by atoms with Crippen LogP contribution in [0.5, 0.6) is 0 Å². The van der Waals surface area contributed by atoms with E-state index >= 15 is 0 Å². The predicted octanol–water partition coefficient (Wildman–Crippen LogP) is 2.84. The lowest BCUT2D eigenvalue weighted by molar-refractivity contribution is -0.145. The Labute approximate surface area is 181 Å². The van der Waals surface area contributed by atoms with Crippen molar-refractivity contribution in [3.63, 3.8) is 0 Å². The number of nitrogens with zero attached hydrogens (tertiary/aromatic N) is 4. The summed E-state index contributed by atoms with van der Waals surface area (Å²) >= 11 is 1.34. The van der Waals surface area contributed by atoms with Gasteiger partial charge in [0.05, 0.1) is 11.9 Å². The summed E-state index contributed by atoms with van der Waals surface area (Å²) in [6.07, 6.45) is 3.30. The van der Waals surface area contributed by atoms with Crippen LogP contribution in [0, 0.1) is 0 Å². The highest BCUT2D eigenvalue weighted by molar-refractivity contribution is 7.17. The summed E-state index contributed by atoms with van der Waals surface area (Å²) in [7, 11) is 1.63. The first-order valence-corrected chi connectivity index (χ1v) is 11.0. The second kappa shape index (κ2) is 7.73. The molecule has 0 atom stereocenters. The minimum atomic E-state index is -0.474. The van der Waals surface area contributed by atoms with Crippen LogP contribution < -0.4 is 5.56 Å². The summed E-state index contributed by atoms with van der Waals surface area (Å²) in [6, 6.07) is 7.63. The Bertz CT molecular complexity index is 1400. The van der Waals surface area contributed by atoms with E-state index in [1.807, 2.05) is 29.6 Å². The second-order valence-corrected chi connectivity index (χ2v) is 8.59. The molecule has 1 aliphatic rings. The van der Waals surface area contributed by atoms with Crippen molar-refractivity contribution in [2.75, 3.05) is 0 Å². The first-order valence-electron chi connectivity index (χ1n) is 10.1. The van der Waals surface area contributed by atoms with E-state index in [4.69, 9.17) is 4.74 Å². The number of hydrogen-bond acceptors (Lipinski definition) is 7. The molecule has 3 aromatic heterocycles. The SMILES string of the molecule is Cn1c(=O)c2sccc2n2c(COC(=O)CCC(=O)c3ccc4c(c3)CCC4)nnc12. The number of esters is 1. The minimum Gasteiger partial charge on any atom is -0.457 e. The zero-order valence-corrected chi connectivity index (χ0v) is 17.8. The van der Waals surface area contributed by atoms with Crippen LogP contribution in [0.4, 0.5) is 0 Å². The van der Waals surface area contributed by atoms with Crippen LogP contribution in [0.25, 0.3) is 16.0 Å². The third kappa shape index (κ3) is 3.44. The molecule has 0 fully saturated rings. The van der Waals surface area contributed by atoms with Crippen LogP contribution in [-0.4, -0.2) is 30.9 Å². The fourth-order valence-electron chi connectivity index (χ4n) is 4.07. The van der Waals surface area contributed by atoms with Gasteiger partial charge in [-0.05, 0) is 47.9 Å². The largest absolute Gasteiger partial charge is 0.457 e. The molecular weight excluding hydrogens is 416 g/mol. The molecule has 31 heavy (non-hydrogen) atoms. The van der Waals surface area contributed by atoms with Gasteiger partial charge in [-0.15, -0.1) is 21.5 Å². The summed E-state index contributed by atoms with van der Waals surface area (Å²) in [5, 5.41) is 9.98. The number of aromatic nitrogens is 4. The molecule has 0 amide bonds. The van der Waals surface area contributed by atoms with Gasteiger partial charge in [0, 0.05) is 19.0 Å². The van der Waals surface area contributed by atoms with Gasteiger partial charge >= 0.3 is 5.97 Å². The van der Waals surface area contributed by atoms with E-state index in [-0.39, 0.29) is 30.8 Å². The van der Waals surface area contributed by atoms with Crippen LogP contribution >= 0.6 is 11.3 Å². The lowest BCUT2D eigenvalue weighted by Gasteiger charge is -2.07. The van der Waals surface area contributed by atoms with Gasteiger partial charge in [-0.25, -0.2) is 0 Å². The van der Waals surface area contributed by atoms with Crippen molar-refractivity contribution in [2.24, 2.45) is 7.05 Å². The van der Waals surface area contributed by atoms with Crippen LogP contribution in [0.1, 0.15) is 46.6 Å². The monoisotopic (exact) mass is 436 g/mol. The molecule has 0 saturated carbocycles. The number of carbonyl (C=O) groups is 2. The number of carbonyl (C=O) groups excluding carboxylic acids is 2. The summed E-state index contributed by atoms with van der Waals surface area (Å²) in [4.78, 5) is 37.1. The van der Waals surface area contributed by atoms with Crippen LogP contribution in [-0.2, 0) is 36.0 Å². The maximum absolute atomic E-state index is 12.5. The number of benzene rings is 1. The van der Waals surface area contributed by atoms with Crippen molar-refractivity contribution in [2.45, 2.75) is 38.7 Å². The van der Waals surface area contributed by atoms with E-state index in [0.29, 0.717) is 27.4 Å². The first kappa shape index (κ1) is 19.6. The number of hydrogen-bond donors (Lipinski definition) is 0. The van der Waals surface area contributed by atoms with E-state index < -0.39 is 5.97 Å². The zero-order chi connectivity index (χ0) is 21.5. The van der Waals surface area contributed by atoms with Crippen LogP contribution in [0.2, 0.25) is 0 Å². The van der Waals surface area contributed by atoms with E-state index in [2.05, 4.69) is 10.2 Å². The summed E-state index contributed by atoms with van der Waals surface area (Å²) in [5.74, 6) is 0.272. The minimum absolute atomic E-state index is 0.000990. The van der Waals surface area contributed by atoms with Gasteiger partial charge in [0.15, 0.2) is 18.2 Å². The Morgan fingerprint density at radius 2 is 1.97 bits per heavy atom. The Morgan fingerprint density at radius 1 is 1.13 bits per heavy atom. The van der Waals surface area contributed by atoms with Gasteiger partial charge < -0.3 is 4.74 Å². The van der Waals surface area contributed by atoms with Crippen molar-refractivity contribution in [1.29, 1.82) is 0 Å². The fourth-order valence-corrected chi connectivity index (χ4v) is 4.92. The normalized spacial score (nSPS) is 13.1. The molecule has 0 saturated heterocycles. The van der Waals surface area contributed by atoms with Crippen molar-refractivity contribution >= 4 is 39.1 Å². The Kier molecular flexibility index (Phi) is 4.90. The maximum Gasteiger partial charge on any atom is 0.306 e. The van der Waals surface area contributed by atoms with Gasteiger partial charge in [-0.2, -0.15) is 0 Å². The molecule has 0 spiro atoms. The van der Waals surface area contributed by atoms with Gasteiger partial charge in [0.1, 0.15) is 4.70 Å². The van der Waals surface area contributed by atoms with Crippen molar-refractivity contribution in [3.05, 3.63) is 62.5 Å². The third-order valence-electron chi connectivity index (χ3n) is 5.74. The van der Waals surface area contributed by atoms with Crippen LogP contribution in [0.15, 0.2) is 34.4 Å². The fraction of sp³-hybridized carbons (Fsp3) is 0.318. The molecule has 158 valence electrons. The van der Waals surface area contributed by atoms with E-state index in [1.54, 1.807) is 11.4 Å². The molecule has 1 aliphatic carbocycles. The highest BCUT2D eigenvalue weighted by Crippen LogP contribution is 2.24. The molecule has 0 radical (unpaired) electrons. The smallest absolute Gasteiger partial charge is 0.306 e. The molecule has 5 rings (SSSR count). The van der Waals surface area contributed by atoms with Crippen LogP contribution in [0.3, 0.4) is 0 Å². The number of thiophene rings is 1. The highest BCUT2D eigenvalue weighted by atomic mass is 32.1. The Hall–Kier alpha value is -3.33. The third-order valence-corrected chi connectivity index (χ3v) is 6.63. The molecule has 8 nitrogen and oxygen atoms in total. The molecule has 3 heterocycles. The Morgan fingerprint density at radius 3 is 2.84 bits per heavy atom. The quantitative estimate of drug-likeness (QED) is 0.341. The number of ketones is 1. The number of aryl methyl sites for hydroxylation is 3. The number of ether oxygens (including phenoxy) is 1. The molecule has 0 aliphatic heterocycles. The van der Waals surface area contributed by atoms with Crippen molar-refractivity contribution in [3.8, 4) is 0 Å². The zero-order valence-electron chi connectivity index (χ0n) is 17.0. The highest BCUT2D eigenvalue weighted by Gasteiger charge is 2.18. The number of fused-ring (bicyclic) bond motifs is 4. The van der Waals surface area contributed by atoms with E-state index in [9.17, 15) is 14.4 Å². The van der Waals surface area contributed by atoms with E-state index in [0.717, 1.165) is 19.3 Å². The van der Waals surface area contributed by atoms with Crippen molar-refractivity contribution in [1.82, 2.24) is 19.2 Å². The Balaban J connectivity index is 1.25. The predicted molar refractivity (Wildman–Crippen MR) is 115 cm³/mol. The van der Waals surface area contributed by atoms with E-state index in [1.165, 1.54) is 27.0 Å². The molecule has 0 N–H and O–H groups in total. The first-order chi connectivity index (χ1) is 15.0. The molecule has 0 bridgehead atoms. The summed E-state index contributed by atoms with van der Waals surface area (Å²) < 4.78 is 9.08. The average Bonchev–Trinajstić information content (AvgIpc) is 3.52. The summed E-state index contributed by atoms with van der Waals surface area (Å²) in [5.41, 5.74) is 3.75. The van der Waals surface area contributed by atoms with Gasteiger partial charge in [0.25, 0.3) is 5.56 Å². The molecule has 4 aromatic rings. The van der Waals surface area contributed by atoms with Gasteiger partial charge in [0.2, 0.25) is 5.78 Å². The average molecular weight is 436 g/mol. The van der Waals surface area contributed by atoms with Gasteiger partial charge in [-0.3, -0.25) is 23.4 Å². The molecule has 9 heteroatoms. The molecule has 0 unspecified atom stereocenters.